The highest BCUT2D eigenvalue weighted by molar-refractivity contribution is 7.46. The Hall–Kier alpha value is -2.13. The Morgan fingerprint density at radius 3 is 2.38 bits per heavy atom. The minimum atomic E-state index is -4.84. The number of phosphoric ester groups is 1. The molecule has 26 heavy (non-hydrogen) atoms. The third-order valence-electron chi connectivity index (χ3n) is 3.36. The molecular weight excluding hydrogens is 367 g/mol. The monoisotopic (exact) mass is 390 g/mol. The van der Waals surface area contributed by atoms with Crippen LogP contribution in [0.2, 0.25) is 0 Å². The lowest BCUT2D eigenvalue weighted by Crippen LogP contribution is -2.49. The van der Waals surface area contributed by atoms with Crippen molar-refractivity contribution in [3.05, 3.63) is 23.8 Å². The number of nitrogens with two attached hydrogens (primary N) is 1. The van der Waals surface area contributed by atoms with Crippen molar-refractivity contribution in [3.8, 4) is 11.5 Å². The van der Waals surface area contributed by atoms with E-state index in [1.165, 1.54) is 6.07 Å². The maximum absolute atomic E-state index is 12.0. The van der Waals surface area contributed by atoms with Crippen molar-refractivity contribution >= 4 is 19.7 Å². The predicted octanol–water partition coefficient (Wildman–Crippen LogP) is 0.349. The Morgan fingerprint density at radius 2 is 1.92 bits per heavy atom. The molecule has 0 spiro atoms. The van der Waals surface area contributed by atoms with Gasteiger partial charge in [-0.1, -0.05) is 19.9 Å². The van der Waals surface area contributed by atoms with Crippen LogP contribution in [0.1, 0.15) is 25.8 Å². The number of phenolic OH excluding ortho intramolecular Hbond substituents is 1. The molecule has 0 bridgehead atoms. The number of nitrogens with one attached hydrogen (secondary N) is 1. The molecule has 1 rings (SSSR count). The second-order valence-electron chi connectivity index (χ2n) is 6.22. The Kier molecular flexibility index (Phi) is 7.58. The highest BCUT2D eigenvalue weighted by Gasteiger charge is 2.25. The average Bonchev–Trinajstić information content (AvgIpc) is 2.47. The van der Waals surface area contributed by atoms with Crippen LogP contribution in [0, 0.1) is 5.92 Å². The molecule has 0 aliphatic heterocycles. The van der Waals surface area contributed by atoms with Gasteiger partial charge >= 0.3 is 13.8 Å². The number of aliphatic carboxylic acids is 1. The first-order valence-corrected chi connectivity index (χ1v) is 9.28. The maximum Gasteiger partial charge on any atom is 0.524 e. The van der Waals surface area contributed by atoms with Crippen molar-refractivity contribution in [2.45, 2.75) is 38.8 Å². The van der Waals surface area contributed by atoms with Crippen LogP contribution in [-0.4, -0.2) is 44.0 Å². The molecule has 0 unspecified atom stereocenters. The van der Waals surface area contributed by atoms with Crippen molar-refractivity contribution in [2.75, 3.05) is 0 Å². The highest BCUT2D eigenvalue weighted by Crippen LogP contribution is 2.41. The van der Waals surface area contributed by atoms with E-state index in [1.54, 1.807) is 0 Å². The van der Waals surface area contributed by atoms with Crippen LogP contribution < -0.4 is 15.6 Å². The van der Waals surface area contributed by atoms with Gasteiger partial charge in [0.05, 0.1) is 6.04 Å². The lowest BCUT2D eigenvalue weighted by molar-refractivity contribution is -0.142. The normalized spacial score (nSPS) is 13.9. The minimum absolute atomic E-state index is 0.164. The molecule has 0 heterocycles. The summed E-state index contributed by atoms with van der Waals surface area (Å²) < 4.78 is 15.1. The smallest absolute Gasteiger partial charge is 0.504 e. The molecule has 1 aromatic rings. The Morgan fingerprint density at radius 1 is 1.31 bits per heavy atom. The molecule has 0 fully saturated rings. The van der Waals surface area contributed by atoms with E-state index >= 15 is 0 Å². The first-order valence-electron chi connectivity index (χ1n) is 7.75. The first kappa shape index (κ1) is 21.9. The molecule has 146 valence electrons. The van der Waals surface area contributed by atoms with Gasteiger partial charge in [0.2, 0.25) is 5.91 Å². The molecule has 11 heteroatoms. The van der Waals surface area contributed by atoms with Crippen LogP contribution in [0.5, 0.6) is 11.5 Å². The molecule has 0 saturated heterocycles. The molecule has 1 amide bonds. The number of benzene rings is 1. The summed E-state index contributed by atoms with van der Waals surface area (Å²) in [4.78, 5) is 40.9. The van der Waals surface area contributed by atoms with E-state index in [4.69, 9.17) is 15.5 Å². The number of carboxylic acids is 1. The fraction of sp³-hybridized carbons (Fsp3) is 0.467. The lowest BCUT2D eigenvalue weighted by atomic mass is 10.0. The van der Waals surface area contributed by atoms with Crippen molar-refractivity contribution in [1.29, 1.82) is 0 Å². The molecule has 0 aromatic heterocycles. The van der Waals surface area contributed by atoms with E-state index in [0.717, 1.165) is 12.1 Å². The highest BCUT2D eigenvalue weighted by atomic mass is 31.2. The zero-order valence-electron chi connectivity index (χ0n) is 14.3. The number of phenols is 1. The Labute approximate surface area is 150 Å². The third-order valence-corrected chi connectivity index (χ3v) is 3.79. The number of carbonyl (C=O) groups is 2. The maximum atomic E-state index is 12.0. The molecule has 1 aromatic carbocycles. The predicted molar refractivity (Wildman–Crippen MR) is 91.5 cm³/mol. The van der Waals surface area contributed by atoms with E-state index < -0.39 is 43.3 Å². The summed E-state index contributed by atoms with van der Waals surface area (Å²) in [5.41, 5.74) is 6.04. The molecule has 0 saturated carbocycles. The van der Waals surface area contributed by atoms with Crippen molar-refractivity contribution < 1.29 is 38.7 Å². The van der Waals surface area contributed by atoms with Gasteiger partial charge in [0.25, 0.3) is 0 Å². The minimum Gasteiger partial charge on any atom is -0.504 e. The molecule has 7 N–H and O–H groups in total. The van der Waals surface area contributed by atoms with Crippen LogP contribution in [0.4, 0.5) is 0 Å². The van der Waals surface area contributed by atoms with Gasteiger partial charge in [0.15, 0.2) is 11.5 Å². The zero-order valence-corrected chi connectivity index (χ0v) is 15.2. The number of rotatable bonds is 9. The number of hydrogen-bond acceptors (Lipinski definition) is 6. The van der Waals surface area contributed by atoms with Gasteiger partial charge in [0, 0.05) is 6.42 Å². The summed E-state index contributed by atoms with van der Waals surface area (Å²) in [7, 11) is -4.84. The quantitative estimate of drug-likeness (QED) is 0.324. The molecule has 0 radical (unpaired) electrons. The molecule has 0 aliphatic rings. The fourth-order valence-corrected chi connectivity index (χ4v) is 2.64. The van der Waals surface area contributed by atoms with Crippen LogP contribution in [0.3, 0.4) is 0 Å². The van der Waals surface area contributed by atoms with E-state index in [0.29, 0.717) is 12.0 Å². The van der Waals surface area contributed by atoms with Crippen LogP contribution >= 0.6 is 7.82 Å². The van der Waals surface area contributed by atoms with Gasteiger partial charge in [-0.25, -0.2) is 9.36 Å². The van der Waals surface area contributed by atoms with E-state index in [-0.39, 0.29) is 12.3 Å². The molecular formula is C15H23N2O8P. The summed E-state index contributed by atoms with van der Waals surface area (Å²) in [5, 5.41) is 21.4. The Bertz CT molecular complexity index is 703. The number of hydrogen-bond donors (Lipinski definition) is 6. The SMILES string of the molecule is CC(C)C[C@H](N)C(=O)N[C@@H](Cc1ccc(OP(=O)(O)O)c(O)c1)C(=O)O. The second kappa shape index (κ2) is 9.00. The molecule has 0 aliphatic carbocycles. The lowest BCUT2D eigenvalue weighted by Gasteiger charge is -2.19. The van der Waals surface area contributed by atoms with Gasteiger partial charge in [-0.2, -0.15) is 0 Å². The average molecular weight is 390 g/mol. The summed E-state index contributed by atoms with van der Waals surface area (Å²) in [6.45, 7) is 3.76. The summed E-state index contributed by atoms with van der Waals surface area (Å²) in [6.07, 6.45) is 0.229. The van der Waals surface area contributed by atoms with Gasteiger partial charge in [0.1, 0.15) is 6.04 Å². The summed E-state index contributed by atoms with van der Waals surface area (Å²) >= 11 is 0. The largest absolute Gasteiger partial charge is 0.524 e. The van der Waals surface area contributed by atoms with Crippen molar-refractivity contribution in [3.63, 3.8) is 0 Å². The van der Waals surface area contributed by atoms with Gasteiger partial charge in [-0.3, -0.25) is 14.6 Å². The number of carbonyl (C=O) groups excluding carboxylic acids is 1. The topological polar surface area (TPSA) is 179 Å². The number of amides is 1. The first-order chi connectivity index (χ1) is 11.9. The van der Waals surface area contributed by atoms with Crippen molar-refractivity contribution in [1.82, 2.24) is 5.32 Å². The number of carboxylic acid groups (broad SMARTS) is 1. The van der Waals surface area contributed by atoms with E-state index in [9.17, 15) is 24.4 Å². The van der Waals surface area contributed by atoms with Gasteiger partial charge < -0.3 is 25.8 Å². The number of aromatic hydroxyl groups is 1. The summed E-state index contributed by atoms with van der Waals surface area (Å²) in [6, 6.07) is 1.38. The second-order valence-corrected chi connectivity index (χ2v) is 7.39. The third kappa shape index (κ3) is 7.40. The fourth-order valence-electron chi connectivity index (χ4n) is 2.22. The van der Waals surface area contributed by atoms with Gasteiger partial charge in [-0.05, 0) is 30.0 Å². The standard InChI is InChI=1S/C15H23N2O8P/c1-8(2)5-10(16)14(19)17-11(15(20)21)6-9-3-4-13(12(18)7-9)25-26(22,23)24/h3-4,7-8,10-11,18H,5-6,16H2,1-2H3,(H,17,19)(H,20,21)(H2,22,23,24)/t10-,11-/m0/s1. The van der Waals surface area contributed by atoms with Gasteiger partial charge in [-0.15, -0.1) is 0 Å². The van der Waals surface area contributed by atoms with E-state index in [1.807, 2.05) is 13.8 Å². The van der Waals surface area contributed by atoms with Crippen LogP contribution in [0.15, 0.2) is 18.2 Å². The molecule has 2 atom stereocenters. The Balaban J connectivity index is 2.85. The number of phosphoric acid groups is 1. The zero-order chi connectivity index (χ0) is 20.1. The van der Waals surface area contributed by atoms with Crippen molar-refractivity contribution in [2.24, 2.45) is 11.7 Å². The molecule has 10 nitrogen and oxygen atoms in total. The van der Waals surface area contributed by atoms with E-state index in [2.05, 4.69) is 9.84 Å². The van der Waals surface area contributed by atoms with Crippen LogP contribution in [0.25, 0.3) is 0 Å². The summed E-state index contributed by atoms with van der Waals surface area (Å²) in [5.74, 6) is -2.74. The van der Waals surface area contributed by atoms with Crippen LogP contribution in [-0.2, 0) is 20.6 Å².